The third-order valence-corrected chi connectivity index (χ3v) is 3.13. The maximum absolute atomic E-state index is 12.7. The number of aryl methyl sites for hydroxylation is 2. The van der Waals surface area contributed by atoms with Gasteiger partial charge in [0.2, 0.25) is 6.10 Å². The molecule has 1 aromatic rings. The average molecular weight is 259 g/mol. The van der Waals surface area contributed by atoms with Crippen LogP contribution < -0.4 is 10.5 Å². The van der Waals surface area contributed by atoms with E-state index in [1.54, 1.807) is 12.1 Å². The van der Waals surface area contributed by atoms with Crippen LogP contribution in [0.1, 0.15) is 24.5 Å². The van der Waals surface area contributed by atoms with Crippen LogP contribution in [0, 0.1) is 0 Å². The first-order valence-electron chi connectivity index (χ1n) is 5.98. The van der Waals surface area contributed by atoms with Crippen molar-refractivity contribution in [3.8, 4) is 5.75 Å². The van der Waals surface area contributed by atoms with Gasteiger partial charge < -0.3 is 10.5 Å². The van der Waals surface area contributed by atoms with Crippen LogP contribution in [0.3, 0.4) is 0 Å². The quantitative estimate of drug-likeness (QED) is 0.906. The molecular weight excluding hydrogens is 243 g/mol. The predicted molar refractivity (Wildman–Crippen MR) is 62.6 cm³/mol. The summed E-state index contributed by atoms with van der Waals surface area (Å²) in [6.07, 6.45) is -3.47. The Kier molecular flexibility index (Phi) is 3.52. The molecule has 0 aliphatic heterocycles. The Labute approximate surface area is 104 Å². The lowest BCUT2D eigenvalue weighted by Gasteiger charge is -2.25. The van der Waals surface area contributed by atoms with E-state index >= 15 is 0 Å². The van der Waals surface area contributed by atoms with Crippen molar-refractivity contribution in [3.63, 3.8) is 0 Å². The van der Waals surface area contributed by atoms with Crippen LogP contribution in [0.2, 0.25) is 0 Å². The summed E-state index contributed by atoms with van der Waals surface area (Å²) in [5, 5.41) is 0. The highest BCUT2D eigenvalue weighted by molar-refractivity contribution is 5.38. The van der Waals surface area contributed by atoms with Gasteiger partial charge in [-0.1, -0.05) is 6.07 Å². The lowest BCUT2D eigenvalue weighted by molar-refractivity contribution is -0.199. The summed E-state index contributed by atoms with van der Waals surface area (Å²) in [6.45, 7) is 1.30. The highest BCUT2D eigenvalue weighted by Gasteiger charge is 2.44. The van der Waals surface area contributed by atoms with Crippen molar-refractivity contribution in [2.75, 3.05) is 0 Å². The summed E-state index contributed by atoms with van der Waals surface area (Å²) in [4.78, 5) is 0. The molecule has 0 saturated heterocycles. The van der Waals surface area contributed by atoms with Gasteiger partial charge in [0.1, 0.15) is 5.75 Å². The largest absolute Gasteiger partial charge is 0.479 e. The standard InChI is InChI=1S/C13H16F3NO/c1-8(17)12(13(14,15)16)18-11-6-5-9-3-2-4-10(9)7-11/h5-8,12H,2-4,17H2,1H3. The maximum atomic E-state index is 12.7. The minimum Gasteiger partial charge on any atom is -0.479 e. The van der Waals surface area contributed by atoms with Crippen LogP contribution in [0.15, 0.2) is 18.2 Å². The summed E-state index contributed by atoms with van der Waals surface area (Å²) in [6, 6.07) is 4.03. The number of benzene rings is 1. The van der Waals surface area contributed by atoms with Gasteiger partial charge in [0.25, 0.3) is 0 Å². The van der Waals surface area contributed by atoms with E-state index in [1.165, 1.54) is 12.5 Å². The Bertz CT molecular complexity index is 429. The molecule has 18 heavy (non-hydrogen) atoms. The zero-order chi connectivity index (χ0) is 13.3. The monoisotopic (exact) mass is 259 g/mol. The molecule has 2 atom stereocenters. The number of ether oxygens (including phenoxy) is 1. The van der Waals surface area contributed by atoms with Crippen molar-refractivity contribution >= 4 is 0 Å². The lowest BCUT2D eigenvalue weighted by Crippen LogP contribution is -2.47. The van der Waals surface area contributed by atoms with Crippen LogP contribution in [0.5, 0.6) is 5.75 Å². The van der Waals surface area contributed by atoms with E-state index in [2.05, 4.69) is 0 Å². The normalized spacial score (nSPS) is 18.3. The summed E-state index contributed by atoms with van der Waals surface area (Å²) in [5.74, 6) is 0.246. The second-order valence-electron chi connectivity index (χ2n) is 4.72. The number of rotatable bonds is 3. The van der Waals surface area contributed by atoms with Crippen LogP contribution in [0.25, 0.3) is 0 Å². The van der Waals surface area contributed by atoms with Crippen LogP contribution in [0.4, 0.5) is 13.2 Å². The molecule has 0 amide bonds. The molecule has 0 radical (unpaired) electrons. The Morgan fingerprint density at radius 1 is 1.22 bits per heavy atom. The first-order valence-corrected chi connectivity index (χ1v) is 5.98. The van der Waals surface area contributed by atoms with Crippen LogP contribution >= 0.6 is 0 Å². The fourth-order valence-electron chi connectivity index (χ4n) is 2.24. The Hall–Kier alpha value is -1.23. The third kappa shape index (κ3) is 2.77. The van der Waals surface area contributed by atoms with Crippen molar-refractivity contribution in [1.82, 2.24) is 0 Å². The number of nitrogens with two attached hydrogens (primary N) is 1. The van der Waals surface area contributed by atoms with E-state index in [9.17, 15) is 13.2 Å². The summed E-state index contributed by atoms with van der Waals surface area (Å²) in [7, 11) is 0. The van der Waals surface area contributed by atoms with E-state index in [0.717, 1.165) is 24.8 Å². The van der Waals surface area contributed by atoms with Crippen molar-refractivity contribution in [1.29, 1.82) is 0 Å². The molecule has 0 spiro atoms. The topological polar surface area (TPSA) is 35.2 Å². The number of hydrogen-bond acceptors (Lipinski definition) is 2. The van der Waals surface area contributed by atoms with E-state index < -0.39 is 18.3 Å². The number of halogens is 3. The fraction of sp³-hybridized carbons (Fsp3) is 0.538. The van der Waals surface area contributed by atoms with E-state index in [1.807, 2.05) is 6.07 Å². The van der Waals surface area contributed by atoms with Gasteiger partial charge in [-0.05, 0) is 49.4 Å². The minimum absolute atomic E-state index is 0.246. The molecule has 2 nitrogen and oxygen atoms in total. The molecule has 0 heterocycles. The number of fused-ring (bicyclic) bond motifs is 1. The van der Waals surface area contributed by atoms with Gasteiger partial charge in [-0.3, -0.25) is 0 Å². The van der Waals surface area contributed by atoms with Gasteiger partial charge in [-0.15, -0.1) is 0 Å². The SMILES string of the molecule is CC(N)C(Oc1ccc2c(c1)CCC2)C(F)(F)F. The van der Waals surface area contributed by atoms with Crippen molar-refractivity contribution in [2.45, 2.75) is 44.5 Å². The van der Waals surface area contributed by atoms with Crippen LogP contribution in [-0.2, 0) is 12.8 Å². The zero-order valence-corrected chi connectivity index (χ0v) is 10.1. The molecule has 1 aliphatic rings. The molecule has 5 heteroatoms. The Morgan fingerprint density at radius 2 is 1.89 bits per heavy atom. The first kappa shape index (κ1) is 13.2. The zero-order valence-electron chi connectivity index (χ0n) is 10.1. The lowest BCUT2D eigenvalue weighted by atomic mass is 10.1. The molecule has 2 N–H and O–H groups in total. The third-order valence-electron chi connectivity index (χ3n) is 3.13. The maximum Gasteiger partial charge on any atom is 0.426 e. The molecule has 0 fully saturated rings. The van der Waals surface area contributed by atoms with Gasteiger partial charge in [-0.25, -0.2) is 0 Å². The summed E-state index contributed by atoms with van der Waals surface area (Å²) in [5.41, 5.74) is 7.62. The highest BCUT2D eigenvalue weighted by atomic mass is 19.4. The molecule has 0 saturated carbocycles. The van der Waals surface area contributed by atoms with Crippen LogP contribution in [-0.4, -0.2) is 18.3 Å². The van der Waals surface area contributed by atoms with Gasteiger partial charge >= 0.3 is 6.18 Å². The fourth-order valence-corrected chi connectivity index (χ4v) is 2.24. The Morgan fingerprint density at radius 3 is 2.50 bits per heavy atom. The summed E-state index contributed by atoms with van der Waals surface area (Å²) >= 11 is 0. The van der Waals surface area contributed by atoms with Gasteiger partial charge in [0.15, 0.2) is 0 Å². The first-order chi connectivity index (χ1) is 8.38. The molecule has 2 unspecified atom stereocenters. The second kappa shape index (κ2) is 4.80. The van der Waals surface area contributed by atoms with Gasteiger partial charge in [0, 0.05) is 6.04 Å². The van der Waals surface area contributed by atoms with E-state index in [4.69, 9.17) is 10.5 Å². The van der Waals surface area contributed by atoms with E-state index in [0.29, 0.717) is 0 Å². The molecule has 100 valence electrons. The van der Waals surface area contributed by atoms with E-state index in [-0.39, 0.29) is 5.75 Å². The molecule has 0 aromatic heterocycles. The molecule has 2 rings (SSSR count). The van der Waals surface area contributed by atoms with Gasteiger partial charge in [-0.2, -0.15) is 13.2 Å². The molecule has 1 aromatic carbocycles. The number of alkyl halides is 3. The second-order valence-corrected chi connectivity index (χ2v) is 4.72. The highest BCUT2D eigenvalue weighted by Crippen LogP contribution is 2.30. The molecule has 1 aliphatic carbocycles. The molecule has 0 bridgehead atoms. The summed E-state index contributed by atoms with van der Waals surface area (Å²) < 4.78 is 43.2. The van der Waals surface area contributed by atoms with Gasteiger partial charge in [0.05, 0.1) is 0 Å². The number of hydrogen-bond donors (Lipinski definition) is 1. The predicted octanol–water partition coefficient (Wildman–Crippen LogP) is 2.83. The van der Waals surface area contributed by atoms with Crippen molar-refractivity contribution < 1.29 is 17.9 Å². The van der Waals surface area contributed by atoms with Crippen molar-refractivity contribution in [2.24, 2.45) is 5.73 Å². The minimum atomic E-state index is -4.45. The van der Waals surface area contributed by atoms with Crippen molar-refractivity contribution in [3.05, 3.63) is 29.3 Å². The average Bonchev–Trinajstić information content (AvgIpc) is 2.70. The molecular formula is C13H16F3NO. The smallest absolute Gasteiger partial charge is 0.426 e. The Balaban J connectivity index is 2.17.